The Bertz CT molecular complexity index is 459. The molecule has 1 aromatic heterocycles. The number of allylic oxidation sites excluding steroid dienone is 2. The Hall–Kier alpha value is -1.64. The van der Waals surface area contributed by atoms with Crippen molar-refractivity contribution in [3.63, 3.8) is 0 Å². The lowest BCUT2D eigenvalue weighted by Gasteiger charge is -2.23. The smallest absolute Gasteiger partial charge is 0.161 e. The number of nitrogens with one attached hydrogen (secondary N) is 1. The van der Waals surface area contributed by atoms with Crippen molar-refractivity contribution in [1.82, 2.24) is 10.3 Å². The number of aliphatic imine (C=N–C) groups is 1. The third-order valence-electron chi connectivity index (χ3n) is 3.25. The van der Waals surface area contributed by atoms with E-state index >= 15 is 0 Å². The highest BCUT2D eigenvalue weighted by Crippen LogP contribution is 2.30. The number of pyridine rings is 1. The van der Waals surface area contributed by atoms with Crippen LogP contribution in [-0.2, 0) is 0 Å². The first-order valence-corrected chi connectivity index (χ1v) is 5.79. The molecule has 0 saturated heterocycles. The molecule has 2 heterocycles. The zero-order valence-electron chi connectivity index (χ0n) is 9.40. The summed E-state index contributed by atoms with van der Waals surface area (Å²) >= 11 is 0. The number of hydrogen-bond donors (Lipinski definition) is 1. The summed E-state index contributed by atoms with van der Waals surface area (Å²) in [6, 6.07) is 5.96. The molecule has 2 aliphatic rings. The Labute approximate surface area is 95.3 Å². The van der Waals surface area contributed by atoms with Crippen LogP contribution in [0.1, 0.15) is 38.0 Å². The average molecular weight is 213 g/mol. The molecule has 16 heavy (non-hydrogen) atoms. The fourth-order valence-corrected chi connectivity index (χ4v) is 2.43. The maximum atomic E-state index is 4.75. The van der Waals surface area contributed by atoms with Gasteiger partial charge in [0.25, 0.3) is 0 Å². The molecule has 0 amide bonds. The molecule has 3 rings (SSSR count). The van der Waals surface area contributed by atoms with Crippen LogP contribution in [0.3, 0.4) is 0 Å². The minimum atomic E-state index is 0.0121. The molecule has 0 radical (unpaired) electrons. The Morgan fingerprint density at radius 2 is 2.25 bits per heavy atom. The van der Waals surface area contributed by atoms with E-state index in [-0.39, 0.29) is 6.17 Å². The Balaban J connectivity index is 1.95. The molecule has 1 aliphatic carbocycles. The van der Waals surface area contributed by atoms with Crippen LogP contribution in [0.5, 0.6) is 0 Å². The predicted molar refractivity (Wildman–Crippen MR) is 64.1 cm³/mol. The highest BCUT2D eigenvalue weighted by atomic mass is 15.1. The van der Waals surface area contributed by atoms with Gasteiger partial charge in [-0.1, -0.05) is 6.07 Å². The van der Waals surface area contributed by atoms with Crippen molar-refractivity contribution in [3.05, 3.63) is 41.4 Å². The number of nitrogens with zero attached hydrogens (tertiary/aromatic N) is 2. The van der Waals surface area contributed by atoms with Gasteiger partial charge in [0.15, 0.2) is 6.17 Å². The second-order valence-corrected chi connectivity index (χ2v) is 4.33. The van der Waals surface area contributed by atoms with Gasteiger partial charge in [0.05, 0.1) is 5.69 Å². The Kier molecular flexibility index (Phi) is 2.24. The van der Waals surface area contributed by atoms with E-state index in [2.05, 4.69) is 17.2 Å². The number of hydrogen-bond acceptors (Lipinski definition) is 3. The van der Waals surface area contributed by atoms with Crippen LogP contribution >= 0.6 is 0 Å². The van der Waals surface area contributed by atoms with E-state index in [0.29, 0.717) is 0 Å². The summed E-state index contributed by atoms with van der Waals surface area (Å²) in [4.78, 5) is 9.11. The second-order valence-electron chi connectivity index (χ2n) is 4.33. The van der Waals surface area contributed by atoms with Crippen molar-refractivity contribution in [2.45, 2.75) is 32.4 Å². The molecule has 1 fully saturated rings. The van der Waals surface area contributed by atoms with Crippen LogP contribution in [0.4, 0.5) is 0 Å². The van der Waals surface area contributed by atoms with Gasteiger partial charge in [-0.05, 0) is 43.9 Å². The topological polar surface area (TPSA) is 37.3 Å². The van der Waals surface area contributed by atoms with E-state index in [1.807, 2.05) is 24.4 Å². The third kappa shape index (κ3) is 1.52. The lowest BCUT2D eigenvalue weighted by Crippen LogP contribution is -2.26. The molecule has 1 atom stereocenters. The van der Waals surface area contributed by atoms with Gasteiger partial charge in [0.1, 0.15) is 0 Å². The SMILES string of the molecule is CC1=C2CCCC2=NC(c2ccccn2)N1. The first-order chi connectivity index (χ1) is 7.84. The van der Waals surface area contributed by atoms with Gasteiger partial charge < -0.3 is 5.32 Å². The number of rotatable bonds is 1. The zero-order valence-corrected chi connectivity index (χ0v) is 9.40. The highest BCUT2D eigenvalue weighted by Gasteiger charge is 2.25. The predicted octanol–water partition coefficient (Wildman–Crippen LogP) is 2.58. The normalized spacial score (nSPS) is 23.8. The Morgan fingerprint density at radius 1 is 1.31 bits per heavy atom. The van der Waals surface area contributed by atoms with Crippen molar-refractivity contribution in [2.75, 3.05) is 0 Å². The van der Waals surface area contributed by atoms with Crippen LogP contribution in [-0.4, -0.2) is 10.7 Å². The molecule has 1 aliphatic heterocycles. The zero-order chi connectivity index (χ0) is 11.0. The van der Waals surface area contributed by atoms with Gasteiger partial charge >= 0.3 is 0 Å². The summed E-state index contributed by atoms with van der Waals surface area (Å²) in [7, 11) is 0. The standard InChI is InChI=1S/C13H15N3/c1-9-10-5-4-7-11(10)16-13(15-9)12-6-2-3-8-14-12/h2-3,6,8,13,15H,4-5,7H2,1H3. The first kappa shape index (κ1) is 9.58. The minimum Gasteiger partial charge on any atom is -0.362 e. The quantitative estimate of drug-likeness (QED) is 0.778. The average Bonchev–Trinajstić information content (AvgIpc) is 2.79. The number of fused-ring (bicyclic) bond motifs is 1. The third-order valence-corrected chi connectivity index (χ3v) is 3.25. The second kappa shape index (κ2) is 3.74. The van der Waals surface area contributed by atoms with E-state index in [1.165, 1.54) is 29.8 Å². The number of aromatic nitrogens is 1. The lowest BCUT2D eigenvalue weighted by molar-refractivity contribution is 0.596. The first-order valence-electron chi connectivity index (χ1n) is 5.79. The van der Waals surface area contributed by atoms with Crippen LogP contribution in [0.2, 0.25) is 0 Å². The van der Waals surface area contributed by atoms with Crippen molar-refractivity contribution in [1.29, 1.82) is 0 Å². The molecular formula is C13H15N3. The largest absolute Gasteiger partial charge is 0.362 e. The summed E-state index contributed by atoms with van der Waals surface area (Å²) < 4.78 is 0. The van der Waals surface area contributed by atoms with Crippen molar-refractivity contribution >= 4 is 5.71 Å². The summed E-state index contributed by atoms with van der Waals surface area (Å²) in [5.74, 6) is 0. The molecule has 0 aromatic carbocycles. The summed E-state index contributed by atoms with van der Waals surface area (Å²) in [6.45, 7) is 2.14. The van der Waals surface area contributed by atoms with Crippen molar-refractivity contribution in [3.8, 4) is 0 Å². The molecule has 3 nitrogen and oxygen atoms in total. The lowest BCUT2D eigenvalue weighted by atomic mass is 10.1. The van der Waals surface area contributed by atoms with Gasteiger partial charge in [0.2, 0.25) is 0 Å². The van der Waals surface area contributed by atoms with Crippen LogP contribution in [0.25, 0.3) is 0 Å². The molecule has 3 heteroatoms. The summed E-state index contributed by atoms with van der Waals surface area (Å²) in [5, 5.41) is 3.43. The van der Waals surface area contributed by atoms with Crippen molar-refractivity contribution < 1.29 is 0 Å². The molecule has 82 valence electrons. The maximum absolute atomic E-state index is 4.75. The maximum Gasteiger partial charge on any atom is 0.161 e. The van der Waals surface area contributed by atoms with Crippen LogP contribution < -0.4 is 5.32 Å². The van der Waals surface area contributed by atoms with Crippen molar-refractivity contribution in [2.24, 2.45) is 4.99 Å². The molecular weight excluding hydrogens is 198 g/mol. The van der Waals surface area contributed by atoms with Crippen LogP contribution in [0.15, 0.2) is 40.7 Å². The fourth-order valence-electron chi connectivity index (χ4n) is 2.43. The molecule has 1 saturated carbocycles. The van der Waals surface area contributed by atoms with Gasteiger partial charge in [0, 0.05) is 17.6 Å². The van der Waals surface area contributed by atoms with Crippen LogP contribution in [0, 0.1) is 0 Å². The molecule has 1 N–H and O–H groups in total. The molecule has 1 aromatic rings. The molecule has 0 bridgehead atoms. The Morgan fingerprint density at radius 3 is 3.06 bits per heavy atom. The van der Waals surface area contributed by atoms with Gasteiger partial charge in [-0.25, -0.2) is 0 Å². The summed E-state index contributed by atoms with van der Waals surface area (Å²) in [6.07, 6.45) is 5.37. The fraction of sp³-hybridized carbons (Fsp3) is 0.385. The van der Waals surface area contributed by atoms with E-state index in [9.17, 15) is 0 Å². The summed E-state index contributed by atoms with van der Waals surface area (Å²) in [5.41, 5.74) is 4.98. The van der Waals surface area contributed by atoms with E-state index < -0.39 is 0 Å². The van der Waals surface area contributed by atoms with Gasteiger partial charge in [-0.3, -0.25) is 9.98 Å². The van der Waals surface area contributed by atoms with E-state index in [4.69, 9.17) is 4.99 Å². The van der Waals surface area contributed by atoms with E-state index in [1.54, 1.807) is 0 Å². The molecule has 1 unspecified atom stereocenters. The van der Waals surface area contributed by atoms with E-state index in [0.717, 1.165) is 12.1 Å². The highest BCUT2D eigenvalue weighted by molar-refractivity contribution is 6.03. The monoisotopic (exact) mass is 213 g/mol. The molecule has 0 spiro atoms. The minimum absolute atomic E-state index is 0.0121. The van der Waals surface area contributed by atoms with Gasteiger partial charge in [-0.2, -0.15) is 0 Å². The van der Waals surface area contributed by atoms with Gasteiger partial charge in [-0.15, -0.1) is 0 Å².